The predicted molar refractivity (Wildman–Crippen MR) is 95.7 cm³/mol. The molecule has 0 aliphatic carbocycles. The molecule has 2 aliphatic rings. The summed E-state index contributed by atoms with van der Waals surface area (Å²) in [5.41, 5.74) is 0.723. The van der Waals surface area contributed by atoms with Gasteiger partial charge >= 0.3 is 0 Å². The standard InChI is InChI=1S/C17H17ClN2OS2/c18-15-7-8-16(23-15)22-12-4-1-10(2-5-12)17(21)20-14-9-11-3-6-13(14)19-11/h1-2,4-5,7-8,11,13-14,19H,3,6,9H2,(H,20,21)/t11-,13+,14-/m1/s1. The number of amides is 1. The van der Waals surface area contributed by atoms with Gasteiger partial charge in [0.1, 0.15) is 0 Å². The summed E-state index contributed by atoms with van der Waals surface area (Å²) in [6, 6.07) is 13.0. The smallest absolute Gasteiger partial charge is 0.251 e. The first-order valence-corrected chi connectivity index (χ1v) is 9.78. The molecule has 2 saturated heterocycles. The molecule has 120 valence electrons. The van der Waals surface area contributed by atoms with Crippen LogP contribution in [0.25, 0.3) is 0 Å². The van der Waals surface area contributed by atoms with Crippen molar-refractivity contribution in [3.63, 3.8) is 0 Å². The van der Waals surface area contributed by atoms with Gasteiger partial charge in [0.15, 0.2) is 0 Å². The van der Waals surface area contributed by atoms with E-state index in [-0.39, 0.29) is 11.9 Å². The van der Waals surface area contributed by atoms with E-state index in [9.17, 15) is 4.79 Å². The maximum absolute atomic E-state index is 12.4. The Morgan fingerprint density at radius 2 is 2.04 bits per heavy atom. The highest BCUT2D eigenvalue weighted by Crippen LogP contribution is 2.35. The van der Waals surface area contributed by atoms with Crippen molar-refractivity contribution in [1.29, 1.82) is 0 Å². The van der Waals surface area contributed by atoms with Crippen LogP contribution in [-0.2, 0) is 0 Å². The highest BCUT2D eigenvalue weighted by atomic mass is 35.5. The van der Waals surface area contributed by atoms with E-state index in [1.54, 1.807) is 23.1 Å². The van der Waals surface area contributed by atoms with Crippen molar-refractivity contribution in [1.82, 2.24) is 10.6 Å². The molecule has 6 heteroatoms. The Labute approximate surface area is 148 Å². The second-order valence-corrected chi connectivity index (χ2v) is 9.14. The van der Waals surface area contributed by atoms with Gasteiger partial charge in [-0.05, 0) is 55.7 Å². The lowest BCUT2D eigenvalue weighted by atomic mass is 9.95. The highest BCUT2D eigenvalue weighted by molar-refractivity contribution is 8.01. The fourth-order valence-corrected chi connectivity index (χ4v) is 5.66. The lowest BCUT2D eigenvalue weighted by Gasteiger charge is -2.21. The summed E-state index contributed by atoms with van der Waals surface area (Å²) in [6.45, 7) is 0. The van der Waals surface area contributed by atoms with E-state index in [1.807, 2.05) is 36.4 Å². The molecule has 0 radical (unpaired) electrons. The summed E-state index contributed by atoms with van der Waals surface area (Å²) < 4.78 is 1.95. The third kappa shape index (κ3) is 3.43. The first kappa shape index (κ1) is 15.5. The Kier molecular flexibility index (Phi) is 4.37. The Hall–Kier alpha value is -1.01. The third-order valence-electron chi connectivity index (χ3n) is 4.50. The number of rotatable bonds is 4. The van der Waals surface area contributed by atoms with E-state index in [1.165, 1.54) is 12.8 Å². The average molecular weight is 365 g/mol. The molecule has 1 aromatic heterocycles. The molecule has 1 amide bonds. The number of thiophene rings is 1. The van der Waals surface area contributed by atoms with Gasteiger partial charge in [-0.3, -0.25) is 4.79 Å². The fraction of sp³-hybridized carbons (Fsp3) is 0.353. The summed E-state index contributed by atoms with van der Waals surface area (Å²) in [6.07, 6.45) is 3.48. The zero-order chi connectivity index (χ0) is 15.8. The van der Waals surface area contributed by atoms with Crippen molar-refractivity contribution >= 4 is 40.6 Å². The summed E-state index contributed by atoms with van der Waals surface area (Å²) >= 11 is 9.18. The van der Waals surface area contributed by atoms with Crippen molar-refractivity contribution < 1.29 is 4.79 Å². The number of fused-ring (bicyclic) bond motifs is 2. The SMILES string of the molecule is O=C(N[C@@H]1C[C@H]2CC[C@@H]1N2)c1ccc(Sc2ccc(Cl)s2)cc1. The molecule has 3 atom stereocenters. The molecule has 0 unspecified atom stereocenters. The quantitative estimate of drug-likeness (QED) is 0.855. The lowest BCUT2D eigenvalue weighted by Crippen LogP contribution is -2.42. The Bertz CT molecular complexity index is 716. The van der Waals surface area contributed by atoms with Crippen LogP contribution >= 0.6 is 34.7 Å². The maximum atomic E-state index is 12.4. The molecule has 0 saturated carbocycles. The van der Waals surface area contributed by atoms with Gasteiger partial charge in [0.25, 0.3) is 5.91 Å². The second-order valence-electron chi connectivity index (χ2n) is 6.05. The van der Waals surface area contributed by atoms with E-state index < -0.39 is 0 Å². The summed E-state index contributed by atoms with van der Waals surface area (Å²) in [7, 11) is 0. The molecule has 4 rings (SSSR count). The van der Waals surface area contributed by atoms with E-state index >= 15 is 0 Å². The zero-order valence-electron chi connectivity index (χ0n) is 12.4. The first-order valence-electron chi connectivity index (χ1n) is 7.77. The van der Waals surface area contributed by atoms with E-state index in [2.05, 4.69) is 10.6 Å². The van der Waals surface area contributed by atoms with Gasteiger partial charge in [-0.1, -0.05) is 23.4 Å². The average Bonchev–Trinajstić information content (AvgIpc) is 3.25. The van der Waals surface area contributed by atoms with Crippen LogP contribution in [0.4, 0.5) is 0 Å². The van der Waals surface area contributed by atoms with Gasteiger partial charge in [0.2, 0.25) is 0 Å². The molecule has 2 aliphatic heterocycles. The van der Waals surface area contributed by atoms with Gasteiger partial charge in [0.05, 0.1) is 8.55 Å². The molecule has 1 aromatic carbocycles. The van der Waals surface area contributed by atoms with E-state index in [0.717, 1.165) is 25.4 Å². The van der Waals surface area contributed by atoms with E-state index in [4.69, 9.17) is 11.6 Å². The van der Waals surface area contributed by atoms with Crippen molar-refractivity contribution in [2.24, 2.45) is 0 Å². The van der Waals surface area contributed by atoms with Gasteiger partial charge in [0, 0.05) is 28.6 Å². The molecule has 2 N–H and O–H groups in total. The molecule has 2 bridgehead atoms. The summed E-state index contributed by atoms with van der Waals surface area (Å²) in [4.78, 5) is 13.5. The maximum Gasteiger partial charge on any atom is 0.251 e. The third-order valence-corrected chi connectivity index (χ3v) is 6.87. The molecule has 2 fully saturated rings. The number of hydrogen-bond donors (Lipinski definition) is 2. The molecule has 3 nitrogen and oxygen atoms in total. The number of benzene rings is 1. The second kappa shape index (κ2) is 6.48. The topological polar surface area (TPSA) is 41.1 Å². The minimum absolute atomic E-state index is 0.0278. The van der Waals surface area contributed by atoms with E-state index in [0.29, 0.717) is 12.1 Å². The van der Waals surface area contributed by atoms with Crippen LogP contribution in [0.3, 0.4) is 0 Å². The van der Waals surface area contributed by atoms with Gasteiger partial charge < -0.3 is 10.6 Å². The normalized spacial score (nSPS) is 25.7. The van der Waals surface area contributed by atoms with Crippen molar-refractivity contribution in [3.05, 3.63) is 46.3 Å². The number of hydrogen-bond acceptors (Lipinski definition) is 4. The van der Waals surface area contributed by atoms with Crippen LogP contribution in [0.1, 0.15) is 29.6 Å². The van der Waals surface area contributed by atoms with Gasteiger partial charge in [-0.25, -0.2) is 0 Å². The number of carbonyl (C=O) groups is 1. The molecular weight excluding hydrogens is 348 g/mol. The van der Waals surface area contributed by atoms with Gasteiger partial charge in [-0.15, -0.1) is 11.3 Å². The van der Waals surface area contributed by atoms with Crippen LogP contribution in [0.2, 0.25) is 4.34 Å². The monoisotopic (exact) mass is 364 g/mol. The van der Waals surface area contributed by atoms with Crippen LogP contribution in [0.15, 0.2) is 45.5 Å². The molecule has 23 heavy (non-hydrogen) atoms. The molecular formula is C17H17ClN2OS2. The Morgan fingerprint density at radius 1 is 1.22 bits per heavy atom. The zero-order valence-corrected chi connectivity index (χ0v) is 14.8. The largest absolute Gasteiger partial charge is 0.348 e. The number of nitrogens with one attached hydrogen (secondary N) is 2. The minimum Gasteiger partial charge on any atom is -0.348 e. The highest BCUT2D eigenvalue weighted by Gasteiger charge is 2.39. The lowest BCUT2D eigenvalue weighted by molar-refractivity contribution is 0.0931. The molecule has 2 aromatic rings. The van der Waals surface area contributed by atoms with Crippen molar-refractivity contribution in [2.75, 3.05) is 0 Å². The summed E-state index contributed by atoms with van der Waals surface area (Å²) in [5, 5.41) is 6.72. The van der Waals surface area contributed by atoms with Crippen LogP contribution in [-0.4, -0.2) is 24.0 Å². The summed E-state index contributed by atoms with van der Waals surface area (Å²) in [5.74, 6) is 0.0278. The molecule has 0 spiro atoms. The number of halogens is 1. The van der Waals surface area contributed by atoms with Crippen LogP contribution in [0, 0.1) is 0 Å². The first-order chi connectivity index (χ1) is 11.2. The predicted octanol–water partition coefficient (Wildman–Crippen LogP) is 4.18. The molecule has 3 heterocycles. The van der Waals surface area contributed by atoms with Crippen LogP contribution < -0.4 is 10.6 Å². The van der Waals surface area contributed by atoms with Crippen molar-refractivity contribution in [3.8, 4) is 0 Å². The van der Waals surface area contributed by atoms with Crippen molar-refractivity contribution in [2.45, 2.75) is 46.5 Å². The number of carbonyl (C=O) groups excluding carboxylic acids is 1. The van der Waals surface area contributed by atoms with Crippen LogP contribution in [0.5, 0.6) is 0 Å². The van der Waals surface area contributed by atoms with Gasteiger partial charge in [-0.2, -0.15) is 0 Å². The Balaban J connectivity index is 1.38. The Morgan fingerprint density at radius 3 is 2.65 bits per heavy atom. The minimum atomic E-state index is 0.0278. The fourth-order valence-electron chi connectivity index (χ4n) is 3.38.